The Balaban J connectivity index is 1.69. The fraction of sp³-hybridized carbons (Fsp3) is 0.409. The molecular formula is C22H26ClNO3. The van der Waals surface area contributed by atoms with Gasteiger partial charge >= 0.3 is 0 Å². The summed E-state index contributed by atoms with van der Waals surface area (Å²) in [4.78, 5) is 12.5. The predicted molar refractivity (Wildman–Crippen MR) is 108 cm³/mol. The fourth-order valence-electron chi connectivity index (χ4n) is 3.46. The van der Waals surface area contributed by atoms with Crippen LogP contribution < -0.4 is 14.8 Å². The van der Waals surface area contributed by atoms with Crippen LogP contribution in [0.5, 0.6) is 11.5 Å². The third kappa shape index (κ3) is 4.56. The van der Waals surface area contributed by atoms with Crippen molar-refractivity contribution in [2.75, 3.05) is 6.61 Å². The lowest BCUT2D eigenvalue weighted by Gasteiger charge is -2.38. The average Bonchev–Trinajstić information content (AvgIpc) is 2.56. The highest BCUT2D eigenvalue weighted by Crippen LogP contribution is 2.39. The topological polar surface area (TPSA) is 47.6 Å². The zero-order valence-electron chi connectivity index (χ0n) is 16.5. The molecule has 0 aromatic heterocycles. The Morgan fingerprint density at radius 2 is 1.89 bits per heavy atom. The highest BCUT2D eigenvalue weighted by molar-refractivity contribution is 6.32. The molecule has 1 aliphatic heterocycles. The summed E-state index contributed by atoms with van der Waals surface area (Å²) in [6.07, 6.45) is 0.702. The average molecular weight is 388 g/mol. The third-order valence-corrected chi connectivity index (χ3v) is 5.34. The van der Waals surface area contributed by atoms with Gasteiger partial charge in [0.15, 0.2) is 6.61 Å². The Labute approximate surface area is 165 Å². The summed E-state index contributed by atoms with van der Waals surface area (Å²) in [6.45, 7) is 9.90. The van der Waals surface area contributed by atoms with Gasteiger partial charge < -0.3 is 14.8 Å². The molecule has 0 fully saturated rings. The zero-order valence-corrected chi connectivity index (χ0v) is 17.2. The van der Waals surface area contributed by atoms with Crippen LogP contribution >= 0.6 is 11.6 Å². The van der Waals surface area contributed by atoms with E-state index in [-0.39, 0.29) is 24.2 Å². The van der Waals surface area contributed by atoms with E-state index in [1.807, 2.05) is 65.0 Å². The maximum absolute atomic E-state index is 12.5. The molecule has 0 saturated carbocycles. The molecule has 1 unspecified atom stereocenters. The number of rotatable bonds is 4. The number of carbonyl (C=O) groups excluding carboxylic acids is 1. The van der Waals surface area contributed by atoms with Crippen molar-refractivity contribution >= 4 is 17.5 Å². The molecule has 3 rings (SSSR count). The molecule has 2 aromatic carbocycles. The van der Waals surface area contributed by atoms with Crippen LogP contribution in [0.4, 0.5) is 0 Å². The van der Waals surface area contributed by atoms with Crippen molar-refractivity contribution in [1.29, 1.82) is 0 Å². The predicted octanol–water partition coefficient (Wildman–Crippen LogP) is 5.06. The normalized spacial score (nSPS) is 17.6. The Morgan fingerprint density at radius 3 is 2.56 bits per heavy atom. The van der Waals surface area contributed by atoms with Crippen LogP contribution in [0.3, 0.4) is 0 Å². The van der Waals surface area contributed by atoms with Crippen molar-refractivity contribution in [3.8, 4) is 11.5 Å². The lowest BCUT2D eigenvalue weighted by molar-refractivity contribution is -0.124. The maximum atomic E-state index is 12.5. The first kappa shape index (κ1) is 19.6. The number of hydrogen-bond acceptors (Lipinski definition) is 3. The van der Waals surface area contributed by atoms with Gasteiger partial charge in [0.2, 0.25) is 0 Å². The first-order valence-corrected chi connectivity index (χ1v) is 9.51. The number of halogens is 1. The fourth-order valence-corrected chi connectivity index (χ4v) is 3.57. The number of amides is 1. The highest BCUT2D eigenvalue weighted by atomic mass is 35.5. The zero-order chi connectivity index (χ0) is 19.8. The van der Waals surface area contributed by atoms with E-state index in [4.69, 9.17) is 21.1 Å². The Kier molecular flexibility index (Phi) is 5.38. The van der Waals surface area contributed by atoms with Gasteiger partial charge in [0, 0.05) is 17.0 Å². The van der Waals surface area contributed by atoms with Crippen LogP contribution in [0.25, 0.3) is 0 Å². The van der Waals surface area contributed by atoms with E-state index in [1.165, 1.54) is 0 Å². The van der Waals surface area contributed by atoms with Crippen molar-refractivity contribution in [2.24, 2.45) is 0 Å². The lowest BCUT2D eigenvalue weighted by Crippen LogP contribution is -2.42. The van der Waals surface area contributed by atoms with Crippen LogP contribution in [0, 0.1) is 20.8 Å². The minimum absolute atomic E-state index is 0.0422. The van der Waals surface area contributed by atoms with E-state index in [0.717, 1.165) is 33.0 Å². The molecule has 1 heterocycles. The van der Waals surface area contributed by atoms with Gasteiger partial charge in [0.1, 0.15) is 17.1 Å². The molecule has 5 heteroatoms. The Morgan fingerprint density at radius 1 is 1.22 bits per heavy atom. The summed E-state index contributed by atoms with van der Waals surface area (Å²) >= 11 is 6.18. The first-order valence-electron chi connectivity index (χ1n) is 9.13. The van der Waals surface area contributed by atoms with Gasteiger partial charge in [-0.1, -0.05) is 23.7 Å². The van der Waals surface area contributed by atoms with Crippen molar-refractivity contribution in [2.45, 2.75) is 52.7 Å². The maximum Gasteiger partial charge on any atom is 0.258 e. The van der Waals surface area contributed by atoms with Crippen LogP contribution in [-0.4, -0.2) is 18.1 Å². The molecule has 1 atom stereocenters. The van der Waals surface area contributed by atoms with E-state index < -0.39 is 0 Å². The molecule has 1 aliphatic rings. The lowest BCUT2D eigenvalue weighted by atomic mass is 9.89. The van der Waals surface area contributed by atoms with Gasteiger partial charge in [-0.2, -0.15) is 0 Å². The standard InChI is InChI=1S/C22H26ClNO3/c1-13-6-7-17-18(11-22(4,5)27-19(17)8-13)24-20(25)12-26-16-9-14(2)21(23)15(3)10-16/h6-10,18H,11-12H2,1-5H3,(H,24,25). The Hall–Kier alpha value is -2.20. The van der Waals surface area contributed by atoms with Crippen molar-refractivity contribution in [3.05, 3.63) is 57.6 Å². The number of hydrogen-bond donors (Lipinski definition) is 1. The number of fused-ring (bicyclic) bond motifs is 1. The van der Waals surface area contributed by atoms with Gasteiger partial charge in [-0.15, -0.1) is 0 Å². The molecule has 1 N–H and O–H groups in total. The van der Waals surface area contributed by atoms with Crippen LogP contribution in [-0.2, 0) is 4.79 Å². The summed E-state index contributed by atoms with van der Waals surface area (Å²) in [7, 11) is 0. The van der Waals surface area contributed by atoms with E-state index in [2.05, 4.69) is 5.32 Å². The molecule has 0 bridgehead atoms. The minimum Gasteiger partial charge on any atom is -0.487 e. The second-order valence-electron chi connectivity index (χ2n) is 7.89. The van der Waals surface area contributed by atoms with E-state index >= 15 is 0 Å². The molecule has 0 spiro atoms. The molecule has 144 valence electrons. The third-order valence-electron chi connectivity index (χ3n) is 4.74. The molecule has 4 nitrogen and oxygen atoms in total. The molecule has 0 saturated heterocycles. The monoisotopic (exact) mass is 387 g/mol. The summed E-state index contributed by atoms with van der Waals surface area (Å²) in [5, 5.41) is 3.82. The van der Waals surface area contributed by atoms with Crippen LogP contribution in [0.15, 0.2) is 30.3 Å². The van der Waals surface area contributed by atoms with Gasteiger partial charge in [0.25, 0.3) is 5.91 Å². The van der Waals surface area contributed by atoms with E-state index in [9.17, 15) is 4.79 Å². The van der Waals surface area contributed by atoms with E-state index in [0.29, 0.717) is 12.2 Å². The smallest absolute Gasteiger partial charge is 0.258 e. The molecular weight excluding hydrogens is 362 g/mol. The Bertz CT molecular complexity index is 853. The largest absolute Gasteiger partial charge is 0.487 e. The summed E-state index contributed by atoms with van der Waals surface area (Å²) < 4.78 is 11.8. The van der Waals surface area contributed by atoms with Crippen molar-refractivity contribution in [3.63, 3.8) is 0 Å². The number of carbonyl (C=O) groups is 1. The number of benzene rings is 2. The molecule has 27 heavy (non-hydrogen) atoms. The summed E-state index contributed by atoms with van der Waals surface area (Å²) in [5.74, 6) is 1.32. The summed E-state index contributed by atoms with van der Waals surface area (Å²) in [5.41, 5.74) is 3.66. The van der Waals surface area contributed by atoms with Crippen LogP contribution in [0.2, 0.25) is 5.02 Å². The second-order valence-corrected chi connectivity index (χ2v) is 8.26. The van der Waals surface area contributed by atoms with Gasteiger partial charge in [0.05, 0.1) is 6.04 Å². The molecule has 2 aromatic rings. The van der Waals surface area contributed by atoms with Gasteiger partial charge in [-0.3, -0.25) is 4.79 Å². The molecule has 0 radical (unpaired) electrons. The first-order chi connectivity index (χ1) is 12.6. The van der Waals surface area contributed by atoms with Gasteiger partial charge in [-0.25, -0.2) is 0 Å². The van der Waals surface area contributed by atoms with Crippen molar-refractivity contribution in [1.82, 2.24) is 5.32 Å². The number of aryl methyl sites for hydroxylation is 3. The number of nitrogens with one attached hydrogen (secondary N) is 1. The second kappa shape index (κ2) is 7.43. The molecule has 1 amide bonds. The van der Waals surface area contributed by atoms with Gasteiger partial charge in [-0.05, 0) is 69.5 Å². The van der Waals surface area contributed by atoms with Crippen molar-refractivity contribution < 1.29 is 14.3 Å². The minimum atomic E-state index is -0.343. The van der Waals surface area contributed by atoms with Crippen LogP contribution in [0.1, 0.15) is 48.6 Å². The highest BCUT2D eigenvalue weighted by Gasteiger charge is 2.34. The summed E-state index contributed by atoms with van der Waals surface area (Å²) in [6, 6.07) is 9.67. The SMILES string of the molecule is Cc1ccc2c(c1)OC(C)(C)CC2NC(=O)COc1cc(C)c(Cl)c(C)c1. The molecule has 0 aliphatic carbocycles. The quantitative estimate of drug-likeness (QED) is 0.797. The number of ether oxygens (including phenoxy) is 2. The van der Waals surface area contributed by atoms with E-state index in [1.54, 1.807) is 0 Å².